The van der Waals surface area contributed by atoms with Crippen LogP contribution in [-0.2, 0) is 19.1 Å². The van der Waals surface area contributed by atoms with Crippen molar-refractivity contribution in [3.63, 3.8) is 0 Å². The van der Waals surface area contributed by atoms with Gasteiger partial charge in [-0.2, -0.15) is 11.8 Å². The fraction of sp³-hybridized carbons (Fsp3) is 0.846. The van der Waals surface area contributed by atoms with Crippen molar-refractivity contribution < 1.29 is 19.1 Å². The highest BCUT2D eigenvalue weighted by atomic mass is 32.2. The first-order valence-corrected chi connectivity index (χ1v) is 7.67. The minimum atomic E-state index is -0.790. The lowest BCUT2D eigenvalue weighted by molar-refractivity contribution is -0.166. The Morgan fingerprint density at radius 1 is 1.00 bits per heavy atom. The van der Waals surface area contributed by atoms with Gasteiger partial charge in [-0.25, -0.2) is 0 Å². The Balaban J connectivity index is 4.49. The second-order valence-corrected chi connectivity index (χ2v) is 5.64. The van der Waals surface area contributed by atoms with E-state index in [-0.39, 0.29) is 12.2 Å². The van der Waals surface area contributed by atoms with Gasteiger partial charge in [-0.15, -0.1) is 0 Å². The first-order valence-electron chi connectivity index (χ1n) is 6.28. The number of rotatable bonds is 8. The second kappa shape index (κ2) is 9.25. The number of ether oxygens (including phenoxy) is 2. The maximum absolute atomic E-state index is 11.8. The van der Waals surface area contributed by atoms with Gasteiger partial charge in [0.2, 0.25) is 0 Å². The molecule has 5 heteroatoms. The van der Waals surface area contributed by atoms with Gasteiger partial charge in [0, 0.05) is 0 Å². The maximum Gasteiger partial charge on any atom is 0.320 e. The molecule has 4 nitrogen and oxygen atoms in total. The number of carbonyl (C=O) groups excluding carboxylic acids is 2. The monoisotopic (exact) mass is 276 g/mol. The van der Waals surface area contributed by atoms with Gasteiger partial charge < -0.3 is 9.47 Å². The van der Waals surface area contributed by atoms with Gasteiger partial charge in [0.1, 0.15) is 0 Å². The van der Waals surface area contributed by atoms with E-state index < -0.39 is 17.9 Å². The standard InChI is InChI=1S/C13H24O4S/c1-9(2)16-12(14)11(7-6-8-18-5)13(15)17-10(3)4/h9-11H,6-8H2,1-5H3. The highest BCUT2D eigenvalue weighted by Crippen LogP contribution is 2.15. The van der Waals surface area contributed by atoms with E-state index in [1.165, 1.54) is 0 Å². The van der Waals surface area contributed by atoms with E-state index in [1.54, 1.807) is 39.5 Å². The van der Waals surface area contributed by atoms with Crippen LogP contribution in [0, 0.1) is 5.92 Å². The summed E-state index contributed by atoms with van der Waals surface area (Å²) < 4.78 is 10.2. The summed E-state index contributed by atoms with van der Waals surface area (Å²) in [5.41, 5.74) is 0. The Kier molecular flexibility index (Phi) is 8.89. The smallest absolute Gasteiger partial charge is 0.320 e. The molecule has 0 fully saturated rings. The number of thioether (sulfide) groups is 1. The number of esters is 2. The van der Waals surface area contributed by atoms with Gasteiger partial charge in [0.25, 0.3) is 0 Å². The Morgan fingerprint density at radius 3 is 1.78 bits per heavy atom. The molecule has 18 heavy (non-hydrogen) atoms. The topological polar surface area (TPSA) is 52.6 Å². The molecule has 0 radical (unpaired) electrons. The van der Waals surface area contributed by atoms with Crippen LogP contribution in [0.4, 0.5) is 0 Å². The molecule has 0 atom stereocenters. The van der Waals surface area contributed by atoms with Gasteiger partial charge in [-0.05, 0) is 52.5 Å². The van der Waals surface area contributed by atoms with Crippen molar-refractivity contribution in [1.29, 1.82) is 0 Å². The summed E-state index contributed by atoms with van der Waals surface area (Å²) in [6, 6.07) is 0. The molecule has 0 aromatic carbocycles. The lowest BCUT2D eigenvalue weighted by Crippen LogP contribution is -2.31. The van der Waals surface area contributed by atoms with Gasteiger partial charge in [0.05, 0.1) is 12.2 Å². The van der Waals surface area contributed by atoms with Gasteiger partial charge in [-0.1, -0.05) is 0 Å². The van der Waals surface area contributed by atoms with E-state index in [2.05, 4.69) is 0 Å². The zero-order valence-electron chi connectivity index (χ0n) is 11.9. The molecule has 0 heterocycles. The van der Waals surface area contributed by atoms with Gasteiger partial charge in [0.15, 0.2) is 5.92 Å². The first-order chi connectivity index (χ1) is 8.38. The molecule has 0 aromatic heterocycles. The lowest BCUT2D eigenvalue weighted by Gasteiger charge is -2.18. The average molecular weight is 276 g/mol. The Morgan fingerprint density at radius 2 is 1.44 bits per heavy atom. The summed E-state index contributed by atoms with van der Waals surface area (Å²) in [6.45, 7) is 7.07. The van der Waals surface area contributed by atoms with Crippen molar-refractivity contribution in [2.45, 2.75) is 52.7 Å². The van der Waals surface area contributed by atoms with Gasteiger partial charge in [-0.3, -0.25) is 9.59 Å². The molecular formula is C13H24O4S. The van der Waals surface area contributed by atoms with Crippen LogP contribution in [0.25, 0.3) is 0 Å². The summed E-state index contributed by atoms with van der Waals surface area (Å²) in [6.07, 6.45) is 2.85. The third-order valence-corrected chi connectivity index (χ3v) is 2.81. The Hall–Kier alpha value is -0.710. The van der Waals surface area contributed by atoms with Crippen LogP contribution in [0.5, 0.6) is 0 Å². The summed E-state index contributed by atoms with van der Waals surface area (Å²) in [5, 5.41) is 0. The first kappa shape index (κ1) is 17.3. The average Bonchev–Trinajstić information content (AvgIpc) is 2.21. The van der Waals surface area contributed by atoms with E-state index in [9.17, 15) is 9.59 Å². The van der Waals surface area contributed by atoms with Crippen LogP contribution in [0.15, 0.2) is 0 Å². The SMILES string of the molecule is CSCCCC(C(=O)OC(C)C)C(=O)OC(C)C. The molecule has 0 amide bonds. The molecule has 0 aliphatic rings. The zero-order chi connectivity index (χ0) is 14.1. The zero-order valence-corrected chi connectivity index (χ0v) is 12.7. The van der Waals surface area contributed by atoms with Gasteiger partial charge >= 0.3 is 11.9 Å². The number of carbonyl (C=O) groups is 2. The maximum atomic E-state index is 11.8. The predicted octanol–water partition coefficient (Wildman–Crippen LogP) is 2.65. The van der Waals surface area contributed by atoms with Crippen molar-refractivity contribution in [2.24, 2.45) is 5.92 Å². The van der Waals surface area contributed by atoms with Crippen molar-refractivity contribution in [1.82, 2.24) is 0 Å². The minimum absolute atomic E-state index is 0.215. The highest BCUT2D eigenvalue weighted by Gasteiger charge is 2.30. The highest BCUT2D eigenvalue weighted by molar-refractivity contribution is 7.98. The summed E-state index contributed by atoms with van der Waals surface area (Å²) in [4.78, 5) is 23.7. The van der Waals surface area contributed by atoms with E-state index in [1.807, 2.05) is 6.26 Å². The van der Waals surface area contributed by atoms with Crippen LogP contribution < -0.4 is 0 Å². The lowest BCUT2D eigenvalue weighted by atomic mass is 10.0. The van der Waals surface area contributed by atoms with Crippen LogP contribution >= 0.6 is 11.8 Å². The second-order valence-electron chi connectivity index (χ2n) is 4.66. The van der Waals surface area contributed by atoms with E-state index in [4.69, 9.17) is 9.47 Å². The number of hydrogen-bond acceptors (Lipinski definition) is 5. The molecule has 0 saturated carbocycles. The minimum Gasteiger partial charge on any atom is -0.462 e. The van der Waals surface area contributed by atoms with Crippen LogP contribution in [0.2, 0.25) is 0 Å². The van der Waals surface area contributed by atoms with Crippen molar-refractivity contribution >= 4 is 23.7 Å². The van der Waals surface area contributed by atoms with Crippen molar-refractivity contribution in [3.8, 4) is 0 Å². The fourth-order valence-corrected chi connectivity index (χ4v) is 1.85. The molecule has 0 unspecified atom stereocenters. The molecule has 0 rings (SSSR count). The van der Waals surface area contributed by atoms with E-state index >= 15 is 0 Å². The molecule has 0 bridgehead atoms. The Bertz CT molecular complexity index is 242. The normalized spacial score (nSPS) is 11.1. The molecule has 0 aliphatic heterocycles. The fourth-order valence-electron chi connectivity index (χ4n) is 1.39. The summed E-state index contributed by atoms with van der Waals surface area (Å²) in [7, 11) is 0. The molecular weight excluding hydrogens is 252 g/mol. The van der Waals surface area contributed by atoms with Crippen LogP contribution in [0.3, 0.4) is 0 Å². The molecule has 0 saturated heterocycles. The quantitative estimate of drug-likeness (QED) is 0.387. The van der Waals surface area contributed by atoms with Crippen LogP contribution in [0.1, 0.15) is 40.5 Å². The van der Waals surface area contributed by atoms with E-state index in [0.717, 1.165) is 12.2 Å². The summed E-state index contributed by atoms with van der Waals surface area (Å²) in [5.74, 6) is -0.823. The number of hydrogen-bond donors (Lipinski definition) is 0. The largest absolute Gasteiger partial charge is 0.462 e. The van der Waals surface area contributed by atoms with E-state index in [0.29, 0.717) is 6.42 Å². The third kappa shape index (κ3) is 7.58. The Labute approximate surface area is 114 Å². The van der Waals surface area contributed by atoms with Crippen LogP contribution in [-0.4, -0.2) is 36.2 Å². The molecule has 0 aliphatic carbocycles. The van der Waals surface area contributed by atoms with Crippen molar-refractivity contribution in [2.75, 3.05) is 12.0 Å². The molecule has 0 spiro atoms. The molecule has 0 N–H and O–H groups in total. The molecule has 106 valence electrons. The third-order valence-electron chi connectivity index (χ3n) is 2.11. The molecule has 0 aromatic rings. The van der Waals surface area contributed by atoms with Crippen molar-refractivity contribution in [3.05, 3.63) is 0 Å². The summed E-state index contributed by atoms with van der Waals surface area (Å²) >= 11 is 1.69. The predicted molar refractivity (Wildman–Crippen MR) is 73.6 cm³/mol.